The topological polar surface area (TPSA) is 41.6 Å². The van der Waals surface area contributed by atoms with Gasteiger partial charge in [-0.1, -0.05) is 24.3 Å². The summed E-state index contributed by atoms with van der Waals surface area (Å²) in [5.41, 5.74) is 0.835. The molecule has 0 unspecified atom stereocenters. The molecule has 1 aliphatic rings. The Morgan fingerprint density at radius 1 is 1.05 bits per heavy atom. The molecule has 1 saturated heterocycles. The van der Waals surface area contributed by atoms with Gasteiger partial charge in [0.15, 0.2) is 5.11 Å². The molecule has 0 bridgehead atoms. The van der Waals surface area contributed by atoms with Crippen molar-refractivity contribution < 1.29 is 9.53 Å². The first-order chi connectivity index (χ1) is 9.72. The molecule has 0 aliphatic carbocycles. The number of ether oxygens (including phenoxy) is 1. The molecular formula is C15H12N2O2S. The van der Waals surface area contributed by atoms with Crippen LogP contribution < -0.4 is 15.0 Å². The van der Waals surface area contributed by atoms with Gasteiger partial charge >= 0.3 is 0 Å². The van der Waals surface area contributed by atoms with Gasteiger partial charge in [-0.2, -0.15) is 0 Å². The molecule has 2 aromatic carbocycles. The Bertz CT molecular complexity index is 658. The van der Waals surface area contributed by atoms with E-state index in [1.54, 1.807) is 4.90 Å². The van der Waals surface area contributed by atoms with Crippen LogP contribution in [0.4, 0.5) is 5.69 Å². The maximum Gasteiger partial charge on any atom is 0.246 e. The van der Waals surface area contributed by atoms with Gasteiger partial charge in [-0.3, -0.25) is 4.79 Å². The summed E-state index contributed by atoms with van der Waals surface area (Å²) in [4.78, 5) is 13.1. The molecule has 1 amide bonds. The monoisotopic (exact) mass is 284 g/mol. The van der Waals surface area contributed by atoms with Crippen LogP contribution in [0.25, 0.3) is 0 Å². The van der Waals surface area contributed by atoms with E-state index in [-0.39, 0.29) is 12.5 Å². The molecule has 0 radical (unpaired) electrons. The van der Waals surface area contributed by atoms with E-state index in [1.165, 1.54) is 0 Å². The number of rotatable bonds is 3. The Hall–Kier alpha value is -2.40. The minimum absolute atomic E-state index is 0.0932. The van der Waals surface area contributed by atoms with Crippen LogP contribution in [0.5, 0.6) is 11.5 Å². The van der Waals surface area contributed by atoms with Crippen molar-refractivity contribution in [1.29, 1.82) is 0 Å². The molecule has 3 rings (SSSR count). The summed E-state index contributed by atoms with van der Waals surface area (Å²) in [5, 5.41) is 3.04. The summed E-state index contributed by atoms with van der Waals surface area (Å²) in [7, 11) is 0. The maximum atomic E-state index is 11.3. The number of anilines is 1. The van der Waals surface area contributed by atoms with E-state index in [0.29, 0.717) is 10.9 Å². The molecule has 0 atom stereocenters. The average molecular weight is 284 g/mol. The highest BCUT2D eigenvalue weighted by Crippen LogP contribution is 2.26. The van der Waals surface area contributed by atoms with Crippen molar-refractivity contribution in [3.63, 3.8) is 0 Å². The lowest BCUT2D eigenvalue weighted by molar-refractivity contribution is -0.117. The number of carbonyl (C=O) groups is 1. The summed E-state index contributed by atoms with van der Waals surface area (Å²) in [6.45, 7) is 0.244. The largest absolute Gasteiger partial charge is 0.457 e. The van der Waals surface area contributed by atoms with Gasteiger partial charge in [0, 0.05) is 11.8 Å². The first kappa shape index (κ1) is 12.6. The van der Waals surface area contributed by atoms with E-state index in [2.05, 4.69) is 5.32 Å². The van der Waals surface area contributed by atoms with Crippen molar-refractivity contribution in [2.45, 2.75) is 0 Å². The number of amides is 1. The second-order valence-electron chi connectivity index (χ2n) is 4.35. The van der Waals surface area contributed by atoms with Crippen molar-refractivity contribution in [1.82, 2.24) is 5.32 Å². The van der Waals surface area contributed by atoms with Gasteiger partial charge in [-0.15, -0.1) is 0 Å². The molecule has 2 aromatic rings. The molecule has 0 spiro atoms. The van der Waals surface area contributed by atoms with E-state index in [0.717, 1.165) is 11.4 Å². The normalized spacial score (nSPS) is 14.3. The van der Waals surface area contributed by atoms with E-state index >= 15 is 0 Å². The Labute approximate surface area is 122 Å². The summed E-state index contributed by atoms with van der Waals surface area (Å²) in [6, 6.07) is 17.0. The third-order valence-corrected chi connectivity index (χ3v) is 3.22. The summed E-state index contributed by atoms with van der Waals surface area (Å²) >= 11 is 5.13. The standard InChI is InChI=1S/C15H12N2O2S/c18-14-10-17(15(20)16-14)11-5-4-8-13(9-11)19-12-6-2-1-3-7-12/h1-9H,10H2,(H,16,18,20). The van der Waals surface area contributed by atoms with Gasteiger partial charge in [-0.05, 0) is 36.5 Å². The van der Waals surface area contributed by atoms with E-state index in [9.17, 15) is 4.79 Å². The fourth-order valence-electron chi connectivity index (χ4n) is 1.99. The zero-order valence-electron chi connectivity index (χ0n) is 10.6. The smallest absolute Gasteiger partial charge is 0.246 e. The molecule has 20 heavy (non-hydrogen) atoms. The van der Waals surface area contributed by atoms with Gasteiger partial charge in [0.05, 0.1) is 0 Å². The molecule has 1 heterocycles. The van der Waals surface area contributed by atoms with E-state index in [4.69, 9.17) is 17.0 Å². The highest BCUT2D eigenvalue weighted by molar-refractivity contribution is 7.80. The number of nitrogens with one attached hydrogen (secondary N) is 1. The van der Waals surface area contributed by atoms with Crippen LogP contribution in [0.2, 0.25) is 0 Å². The average Bonchev–Trinajstić information content (AvgIpc) is 2.79. The third-order valence-electron chi connectivity index (χ3n) is 2.90. The van der Waals surface area contributed by atoms with Crippen LogP contribution in [-0.4, -0.2) is 17.6 Å². The minimum Gasteiger partial charge on any atom is -0.457 e. The van der Waals surface area contributed by atoms with Crippen LogP contribution in [0.3, 0.4) is 0 Å². The Balaban J connectivity index is 1.83. The predicted molar refractivity (Wildman–Crippen MR) is 81.0 cm³/mol. The Morgan fingerprint density at radius 2 is 1.80 bits per heavy atom. The molecule has 1 N–H and O–H groups in total. The van der Waals surface area contributed by atoms with Crippen LogP contribution in [-0.2, 0) is 4.79 Å². The predicted octanol–water partition coefficient (Wildman–Crippen LogP) is 2.70. The van der Waals surface area contributed by atoms with Gasteiger partial charge in [-0.25, -0.2) is 0 Å². The van der Waals surface area contributed by atoms with Crippen molar-refractivity contribution in [3.8, 4) is 11.5 Å². The van der Waals surface area contributed by atoms with E-state index < -0.39 is 0 Å². The van der Waals surface area contributed by atoms with Crippen molar-refractivity contribution in [3.05, 3.63) is 54.6 Å². The maximum absolute atomic E-state index is 11.3. The molecule has 0 saturated carbocycles. The van der Waals surface area contributed by atoms with Crippen molar-refractivity contribution in [2.75, 3.05) is 11.4 Å². The second-order valence-corrected chi connectivity index (χ2v) is 4.74. The lowest BCUT2D eigenvalue weighted by Crippen LogP contribution is -2.27. The first-order valence-electron chi connectivity index (χ1n) is 6.17. The fourth-order valence-corrected chi connectivity index (χ4v) is 2.27. The van der Waals surface area contributed by atoms with Crippen LogP contribution >= 0.6 is 12.2 Å². The van der Waals surface area contributed by atoms with E-state index in [1.807, 2.05) is 54.6 Å². The zero-order chi connectivity index (χ0) is 13.9. The van der Waals surface area contributed by atoms with Gasteiger partial charge in [0.2, 0.25) is 5.91 Å². The molecule has 100 valence electrons. The quantitative estimate of drug-likeness (QED) is 0.880. The van der Waals surface area contributed by atoms with Crippen LogP contribution in [0.15, 0.2) is 54.6 Å². The lowest BCUT2D eigenvalue weighted by atomic mass is 10.2. The van der Waals surface area contributed by atoms with Crippen molar-refractivity contribution >= 4 is 28.9 Å². The summed E-state index contributed by atoms with van der Waals surface area (Å²) in [6.07, 6.45) is 0. The molecule has 1 aliphatic heterocycles. The number of benzene rings is 2. The first-order valence-corrected chi connectivity index (χ1v) is 6.57. The number of nitrogens with zero attached hydrogens (tertiary/aromatic N) is 1. The SMILES string of the molecule is O=C1CN(c2cccc(Oc3ccccc3)c2)C(=S)N1. The molecular weight excluding hydrogens is 272 g/mol. The summed E-state index contributed by atoms with van der Waals surface area (Å²) < 4.78 is 5.77. The third kappa shape index (κ3) is 2.62. The molecule has 1 fully saturated rings. The minimum atomic E-state index is -0.0932. The molecule has 0 aromatic heterocycles. The lowest BCUT2D eigenvalue weighted by Gasteiger charge is -2.16. The fraction of sp³-hybridized carbons (Fsp3) is 0.0667. The number of para-hydroxylation sites is 1. The zero-order valence-corrected chi connectivity index (χ0v) is 11.4. The van der Waals surface area contributed by atoms with Gasteiger partial charge in [0.25, 0.3) is 0 Å². The Morgan fingerprint density at radius 3 is 2.50 bits per heavy atom. The van der Waals surface area contributed by atoms with Gasteiger partial charge < -0.3 is 15.0 Å². The van der Waals surface area contributed by atoms with Crippen LogP contribution in [0.1, 0.15) is 0 Å². The summed E-state index contributed by atoms with van der Waals surface area (Å²) in [5.74, 6) is 1.38. The molecule has 5 heteroatoms. The Kier molecular flexibility index (Phi) is 3.35. The molecule has 4 nitrogen and oxygen atoms in total. The highest BCUT2D eigenvalue weighted by atomic mass is 32.1. The number of hydrogen-bond acceptors (Lipinski definition) is 3. The van der Waals surface area contributed by atoms with Gasteiger partial charge in [0.1, 0.15) is 18.0 Å². The highest BCUT2D eigenvalue weighted by Gasteiger charge is 2.24. The van der Waals surface area contributed by atoms with Crippen molar-refractivity contribution in [2.24, 2.45) is 0 Å². The van der Waals surface area contributed by atoms with Crippen LogP contribution in [0, 0.1) is 0 Å². The number of thiocarbonyl (C=S) groups is 1. The second kappa shape index (κ2) is 5.30. The number of carbonyl (C=O) groups excluding carboxylic acids is 1. The number of hydrogen-bond donors (Lipinski definition) is 1.